The Kier molecular flexibility index (Phi) is 12.5. The highest BCUT2D eigenvalue weighted by Gasteiger charge is 2.38. The molecule has 0 saturated heterocycles. The van der Waals surface area contributed by atoms with Gasteiger partial charge < -0.3 is 13.9 Å². The maximum absolute atomic E-state index is 12.7. The van der Waals surface area contributed by atoms with Crippen LogP contribution in [0.2, 0.25) is 0 Å². The molecule has 0 amide bonds. The third-order valence-electron chi connectivity index (χ3n) is 9.62. The van der Waals surface area contributed by atoms with Gasteiger partial charge in [0.25, 0.3) is 0 Å². The maximum atomic E-state index is 12.7. The van der Waals surface area contributed by atoms with E-state index in [4.69, 9.17) is 8.83 Å². The summed E-state index contributed by atoms with van der Waals surface area (Å²) >= 11 is 0. The topological polar surface area (TPSA) is 115 Å². The van der Waals surface area contributed by atoms with Crippen molar-refractivity contribution in [3.05, 3.63) is 143 Å². The number of halogens is 6. The molecule has 56 heavy (non-hydrogen) atoms. The summed E-state index contributed by atoms with van der Waals surface area (Å²) in [5.41, 5.74) is 2.39. The van der Waals surface area contributed by atoms with Gasteiger partial charge in [0.1, 0.15) is 11.4 Å². The average molecular weight is 777 g/mol. The second-order valence-electron chi connectivity index (χ2n) is 13.7. The number of aliphatic hydroxyl groups is 1. The summed E-state index contributed by atoms with van der Waals surface area (Å²) < 4.78 is 86.9. The number of carbonyl (C=O) groups excluding carboxylic acids is 1. The Labute approximate surface area is 318 Å². The first kappa shape index (κ1) is 40.0. The first-order valence-electron chi connectivity index (χ1n) is 18.1. The van der Waals surface area contributed by atoms with Crippen molar-refractivity contribution in [2.24, 2.45) is 0 Å². The quantitative estimate of drug-likeness (QED) is 0.159. The van der Waals surface area contributed by atoms with Crippen LogP contribution in [-0.4, -0.2) is 31.3 Å². The number of benzene rings is 4. The van der Waals surface area contributed by atoms with Gasteiger partial charge >= 0.3 is 12.4 Å². The minimum atomic E-state index is -4.35. The third-order valence-corrected chi connectivity index (χ3v) is 9.62. The van der Waals surface area contributed by atoms with Crippen LogP contribution in [0, 0.1) is 0 Å². The number of nitrogens with zero attached hydrogens (tertiary/aromatic N) is 4. The Morgan fingerprint density at radius 1 is 0.607 bits per heavy atom. The largest absolute Gasteiger partial charge is 0.423 e. The minimum Gasteiger partial charge on any atom is -0.423 e. The van der Waals surface area contributed by atoms with Crippen LogP contribution in [-0.2, 0) is 35.6 Å². The summed E-state index contributed by atoms with van der Waals surface area (Å²) in [5.74, 6) is 1.37. The predicted molar refractivity (Wildman–Crippen MR) is 194 cm³/mol. The van der Waals surface area contributed by atoms with E-state index < -0.39 is 29.1 Å². The van der Waals surface area contributed by atoms with E-state index in [2.05, 4.69) is 20.4 Å². The summed E-state index contributed by atoms with van der Waals surface area (Å²) in [6, 6.07) is 25.1. The van der Waals surface area contributed by atoms with Gasteiger partial charge in [-0.05, 0) is 110 Å². The Bertz CT molecular complexity index is 2170. The molecule has 2 fully saturated rings. The second kappa shape index (κ2) is 17.4. The molecule has 2 aliphatic carbocycles. The van der Waals surface area contributed by atoms with Crippen molar-refractivity contribution in [3.8, 4) is 22.9 Å². The van der Waals surface area contributed by atoms with Gasteiger partial charge in [-0.3, -0.25) is 4.79 Å². The molecule has 2 aliphatic rings. The molecule has 0 spiro atoms. The lowest BCUT2D eigenvalue weighted by atomic mass is 9.99. The van der Waals surface area contributed by atoms with E-state index >= 15 is 0 Å². The molecule has 292 valence electrons. The molecule has 2 aromatic heterocycles. The lowest BCUT2D eigenvalue weighted by molar-refractivity contribution is -0.138. The molecule has 4 aromatic carbocycles. The number of hydrogen-bond acceptors (Lipinski definition) is 8. The molecule has 0 bridgehead atoms. The number of carbonyl (C=O) groups is 1. The SMILES string of the molecule is FC(F)(F)c1ccc(Cc2ccccc2-c2nnco2)cc1.O=C1CCCC1.OC1(c2nnc(-c3ccccc3Cc3ccc(C(F)(F)F)cc3)o2)CCCC1. The lowest BCUT2D eigenvalue weighted by Crippen LogP contribution is -2.21. The Morgan fingerprint density at radius 3 is 1.52 bits per heavy atom. The predicted octanol–water partition coefficient (Wildman–Crippen LogP) is 10.6. The van der Waals surface area contributed by atoms with Crippen LogP contribution >= 0.6 is 0 Å². The maximum Gasteiger partial charge on any atom is 0.416 e. The number of alkyl halides is 6. The van der Waals surface area contributed by atoms with E-state index in [0.717, 1.165) is 90.6 Å². The minimum absolute atomic E-state index is 0.226. The molecule has 1 N–H and O–H groups in total. The zero-order chi connectivity index (χ0) is 39.8. The standard InChI is InChI=1S/C21H19F3N2O2.C16H11F3N2O.C5H8O/c22-21(23,24)16-9-7-14(8-10-16)13-15-5-1-2-6-17(15)18-25-26-19(28-18)20(27)11-3-4-12-20;17-16(18,19)13-7-5-11(6-8-13)9-12-3-1-2-4-14(12)15-21-20-10-22-15;6-5-3-1-2-4-5/h1-2,5-10,27H,3-4,11-13H2;1-8,10H,9H2;1-4H2. The zero-order valence-corrected chi connectivity index (χ0v) is 30.1. The van der Waals surface area contributed by atoms with Gasteiger partial charge in [0, 0.05) is 24.0 Å². The van der Waals surface area contributed by atoms with E-state index in [9.17, 15) is 36.2 Å². The molecule has 8 nitrogen and oxygen atoms in total. The van der Waals surface area contributed by atoms with Crippen LogP contribution in [0.4, 0.5) is 26.3 Å². The molecule has 8 rings (SSSR count). The van der Waals surface area contributed by atoms with E-state index in [0.29, 0.717) is 48.8 Å². The van der Waals surface area contributed by atoms with Crippen LogP contribution in [0.15, 0.2) is 112 Å². The molecule has 2 heterocycles. The van der Waals surface area contributed by atoms with Crippen LogP contribution in [0.5, 0.6) is 0 Å². The second-order valence-corrected chi connectivity index (χ2v) is 13.7. The monoisotopic (exact) mass is 776 g/mol. The molecule has 0 aliphatic heterocycles. The number of hydrogen-bond donors (Lipinski definition) is 1. The Hall–Kier alpha value is -5.63. The highest BCUT2D eigenvalue weighted by molar-refractivity contribution is 5.80. The van der Waals surface area contributed by atoms with Crippen LogP contribution < -0.4 is 0 Å². The van der Waals surface area contributed by atoms with Gasteiger partial charge in [0.15, 0.2) is 0 Å². The van der Waals surface area contributed by atoms with Crippen molar-refractivity contribution >= 4 is 5.78 Å². The van der Waals surface area contributed by atoms with Crippen molar-refractivity contribution < 1.29 is 45.1 Å². The normalized spacial score (nSPS) is 15.2. The molecule has 2 saturated carbocycles. The van der Waals surface area contributed by atoms with Crippen LogP contribution in [0.1, 0.15) is 90.6 Å². The first-order valence-corrected chi connectivity index (χ1v) is 18.1. The van der Waals surface area contributed by atoms with Crippen molar-refractivity contribution in [2.75, 3.05) is 0 Å². The van der Waals surface area contributed by atoms with Gasteiger partial charge in [0.2, 0.25) is 24.1 Å². The van der Waals surface area contributed by atoms with Crippen molar-refractivity contribution in [1.82, 2.24) is 20.4 Å². The Balaban J connectivity index is 0.000000168. The average Bonchev–Trinajstić information content (AvgIpc) is 4.02. The first-order chi connectivity index (χ1) is 26.8. The molecule has 0 atom stereocenters. The smallest absolute Gasteiger partial charge is 0.416 e. The summed E-state index contributed by atoms with van der Waals surface area (Å²) in [5, 5.41) is 26.3. The summed E-state index contributed by atoms with van der Waals surface area (Å²) in [7, 11) is 0. The van der Waals surface area contributed by atoms with Gasteiger partial charge in [-0.1, -0.05) is 60.7 Å². The molecular formula is C42H38F6N4O4. The molecule has 0 radical (unpaired) electrons. The van der Waals surface area contributed by atoms with Crippen molar-refractivity contribution in [1.29, 1.82) is 0 Å². The number of rotatable bonds is 7. The molecule has 6 aromatic rings. The fourth-order valence-corrected chi connectivity index (χ4v) is 6.58. The lowest BCUT2D eigenvalue weighted by Gasteiger charge is -2.16. The number of aromatic nitrogens is 4. The van der Waals surface area contributed by atoms with Crippen molar-refractivity contribution in [2.45, 2.75) is 82.2 Å². The molecule has 14 heteroatoms. The van der Waals surface area contributed by atoms with Gasteiger partial charge in [-0.25, -0.2) is 0 Å². The fourth-order valence-electron chi connectivity index (χ4n) is 6.58. The molecule has 0 unspecified atom stereocenters. The van der Waals surface area contributed by atoms with Gasteiger partial charge in [-0.2, -0.15) is 26.3 Å². The summed E-state index contributed by atoms with van der Waals surface area (Å²) in [6.45, 7) is 0. The summed E-state index contributed by atoms with van der Waals surface area (Å²) in [6.07, 6.45) is 0.479. The number of Topliss-reactive ketones (excluding diaryl/α,β-unsaturated/α-hetero) is 1. The van der Waals surface area contributed by atoms with E-state index in [1.165, 1.54) is 30.7 Å². The van der Waals surface area contributed by atoms with Crippen molar-refractivity contribution in [3.63, 3.8) is 0 Å². The Morgan fingerprint density at radius 2 is 1.09 bits per heavy atom. The van der Waals surface area contributed by atoms with Crippen LogP contribution in [0.25, 0.3) is 22.9 Å². The van der Waals surface area contributed by atoms with Gasteiger partial charge in [0.05, 0.1) is 11.1 Å². The molecular weight excluding hydrogens is 738 g/mol. The van der Waals surface area contributed by atoms with Crippen LogP contribution in [0.3, 0.4) is 0 Å². The van der Waals surface area contributed by atoms with Gasteiger partial charge in [-0.15, -0.1) is 20.4 Å². The number of ketones is 1. The highest BCUT2D eigenvalue weighted by atomic mass is 19.4. The fraction of sp³-hybridized carbons (Fsp3) is 0.310. The highest BCUT2D eigenvalue weighted by Crippen LogP contribution is 2.39. The third kappa shape index (κ3) is 10.4. The summed E-state index contributed by atoms with van der Waals surface area (Å²) in [4.78, 5) is 10.2. The zero-order valence-electron chi connectivity index (χ0n) is 30.1. The van der Waals surface area contributed by atoms with E-state index in [1.54, 1.807) is 0 Å². The van der Waals surface area contributed by atoms with E-state index in [1.807, 2.05) is 48.5 Å². The van der Waals surface area contributed by atoms with E-state index in [-0.39, 0.29) is 5.89 Å².